The maximum atomic E-state index is 11.9. The van der Waals surface area contributed by atoms with Crippen molar-refractivity contribution in [3.05, 3.63) is 21.9 Å². The molecule has 0 aliphatic rings. The number of aryl methyl sites for hydroxylation is 1. The van der Waals surface area contributed by atoms with E-state index < -0.39 is 12.1 Å². The highest BCUT2D eigenvalue weighted by Gasteiger charge is 2.10. The molecule has 0 aliphatic carbocycles. The third-order valence-electron chi connectivity index (χ3n) is 2.94. The fourth-order valence-electron chi connectivity index (χ4n) is 1.87. The zero-order chi connectivity index (χ0) is 14.1. The lowest BCUT2D eigenvalue weighted by Crippen LogP contribution is -1.95. The third kappa shape index (κ3) is 6.68. The molecule has 1 unspecified atom stereocenters. The topological polar surface area (TPSA) is 57.5 Å². The van der Waals surface area contributed by atoms with E-state index >= 15 is 0 Å². The van der Waals surface area contributed by atoms with E-state index in [1.165, 1.54) is 11.3 Å². The SMILES string of the molecule is O=C(O)CCCc1ccc(C(O)CCCCCF)s1. The molecule has 19 heavy (non-hydrogen) atoms. The van der Waals surface area contributed by atoms with Crippen LogP contribution in [0.4, 0.5) is 4.39 Å². The highest BCUT2D eigenvalue weighted by molar-refractivity contribution is 7.12. The van der Waals surface area contributed by atoms with Gasteiger partial charge < -0.3 is 10.2 Å². The molecule has 0 saturated heterocycles. The Balaban J connectivity index is 2.30. The number of carboxylic acid groups (broad SMARTS) is 1. The van der Waals surface area contributed by atoms with Crippen LogP contribution in [0.3, 0.4) is 0 Å². The van der Waals surface area contributed by atoms with E-state index in [0.717, 1.165) is 29.0 Å². The number of unbranched alkanes of at least 4 members (excludes halogenated alkanes) is 2. The van der Waals surface area contributed by atoms with Crippen LogP contribution in [0, 0.1) is 0 Å². The Kier molecular flexibility index (Phi) is 7.67. The van der Waals surface area contributed by atoms with Crippen LogP contribution in [-0.2, 0) is 11.2 Å². The molecular weight excluding hydrogens is 267 g/mol. The standard InChI is InChI=1S/C14H21FO3S/c15-10-3-1-2-6-12(16)13-9-8-11(19-13)5-4-7-14(17)18/h8-9,12,16H,1-7,10H2,(H,17,18). The molecular formula is C14H21FO3S. The van der Waals surface area contributed by atoms with E-state index in [0.29, 0.717) is 19.3 Å². The lowest BCUT2D eigenvalue weighted by atomic mass is 10.1. The molecule has 108 valence electrons. The lowest BCUT2D eigenvalue weighted by molar-refractivity contribution is -0.137. The minimum Gasteiger partial charge on any atom is -0.481 e. The van der Waals surface area contributed by atoms with E-state index in [1.807, 2.05) is 12.1 Å². The second-order valence-corrected chi connectivity index (χ2v) is 5.81. The van der Waals surface area contributed by atoms with E-state index in [9.17, 15) is 14.3 Å². The number of halogens is 1. The third-order valence-corrected chi connectivity index (χ3v) is 4.18. The Hall–Kier alpha value is -0.940. The molecule has 1 aromatic heterocycles. The predicted octanol–water partition coefficient (Wildman–Crippen LogP) is 3.72. The van der Waals surface area contributed by atoms with E-state index in [-0.39, 0.29) is 13.1 Å². The zero-order valence-corrected chi connectivity index (χ0v) is 11.8. The Labute approximate surface area is 117 Å². The zero-order valence-electron chi connectivity index (χ0n) is 11.0. The van der Waals surface area contributed by atoms with Crippen LogP contribution in [0.15, 0.2) is 12.1 Å². The van der Waals surface area contributed by atoms with Crippen LogP contribution < -0.4 is 0 Å². The van der Waals surface area contributed by atoms with Crippen molar-refractivity contribution in [3.8, 4) is 0 Å². The Morgan fingerprint density at radius 1 is 1.26 bits per heavy atom. The molecule has 0 saturated carbocycles. The average Bonchev–Trinajstić information content (AvgIpc) is 2.83. The smallest absolute Gasteiger partial charge is 0.303 e. The monoisotopic (exact) mass is 288 g/mol. The lowest BCUT2D eigenvalue weighted by Gasteiger charge is -2.07. The van der Waals surface area contributed by atoms with Gasteiger partial charge in [0.2, 0.25) is 0 Å². The summed E-state index contributed by atoms with van der Waals surface area (Å²) in [6.07, 6.45) is 3.94. The summed E-state index contributed by atoms with van der Waals surface area (Å²) >= 11 is 1.54. The number of carboxylic acids is 1. The van der Waals surface area contributed by atoms with Gasteiger partial charge >= 0.3 is 5.97 Å². The maximum absolute atomic E-state index is 11.9. The Bertz CT molecular complexity index is 379. The number of hydrogen-bond acceptors (Lipinski definition) is 3. The molecule has 0 aliphatic heterocycles. The summed E-state index contributed by atoms with van der Waals surface area (Å²) in [6.45, 7) is -0.289. The van der Waals surface area contributed by atoms with Gasteiger partial charge in [-0.1, -0.05) is 12.8 Å². The molecule has 5 heteroatoms. The first-order chi connectivity index (χ1) is 9.13. The van der Waals surface area contributed by atoms with Crippen LogP contribution >= 0.6 is 11.3 Å². The largest absolute Gasteiger partial charge is 0.481 e. The number of aliphatic carboxylic acids is 1. The summed E-state index contributed by atoms with van der Waals surface area (Å²) < 4.78 is 11.9. The molecule has 1 heterocycles. The summed E-state index contributed by atoms with van der Waals surface area (Å²) in [4.78, 5) is 12.4. The normalized spacial score (nSPS) is 12.5. The van der Waals surface area contributed by atoms with Crippen LogP contribution in [0.5, 0.6) is 0 Å². The average molecular weight is 288 g/mol. The summed E-state index contributed by atoms with van der Waals surface area (Å²) in [5.41, 5.74) is 0. The molecule has 0 aromatic carbocycles. The Morgan fingerprint density at radius 3 is 2.74 bits per heavy atom. The van der Waals surface area contributed by atoms with Gasteiger partial charge in [-0.3, -0.25) is 9.18 Å². The number of thiophene rings is 1. The molecule has 1 rings (SSSR count). The van der Waals surface area contributed by atoms with Gasteiger partial charge in [-0.25, -0.2) is 0 Å². The number of carbonyl (C=O) groups is 1. The first-order valence-electron chi connectivity index (χ1n) is 6.68. The maximum Gasteiger partial charge on any atom is 0.303 e. The number of alkyl halides is 1. The van der Waals surface area contributed by atoms with Crippen molar-refractivity contribution in [1.29, 1.82) is 0 Å². The summed E-state index contributed by atoms with van der Waals surface area (Å²) in [6, 6.07) is 3.85. The van der Waals surface area contributed by atoms with Crippen LogP contribution in [0.2, 0.25) is 0 Å². The van der Waals surface area contributed by atoms with Crippen molar-refractivity contribution >= 4 is 17.3 Å². The van der Waals surface area contributed by atoms with Crippen molar-refractivity contribution in [3.63, 3.8) is 0 Å². The van der Waals surface area contributed by atoms with Gasteiger partial charge in [0.1, 0.15) is 0 Å². The highest BCUT2D eigenvalue weighted by atomic mass is 32.1. The molecule has 2 N–H and O–H groups in total. The molecule has 0 amide bonds. The fourth-order valence-corrected chi connectivity index (χ4v) is 2.95. The first-order valence-corrected chi connectivity index (χ1v) is 7.49. The van der Waals surface area contributed by atoms with E-state index in [2.05, 4.69) is 0 Å². The highest BCUT2D eigenvalue weighted by Crippen LogP contribution is 2.27. The van der Waals surface area contributed by atoms with Gasteiger partial charge in [-0.05, 0) is 37.8 Å². The minimum absolute atomic E-state index is 0.180. The van der Waals surface area contributed by atoms with Crippen molar-refractivity contribution in [2.45, 2.75) is 51.0 Å². The van der Waals surface area contributed by atoms with Gasteiger partial charge in [-0.15, -0.1) is 11.3 Å². The van der Waals surface area contributed by atoms with Crippen LogP contribution in [-0.4, -0.2) is 22.9 Å². The predicted molar refractivity (Wildman–Crippen MR) is 74.3 cm³/mol. The molecule has 3 nitrogen and oxygen atoms in total. The number of aliphatic hydroxyl groups is 1. The molecule has 0 radical (unpaired) electrons. The molecule has 0 bridgehead atoms. The van der Waals surface area contributed by atoms with Gasteiger partial charge in [-0.2, -0.15) is 0 Å². The van der Waals surface area contributed by atoms with E-state index in [1.54, 1.807) is 0 Å². The van der Waals surface area contributed by atoms with Gasteiger partial charge in [0, 0.05) is 16.2 Å². The number of aliphatic hydroxyl groups excluding tert-OH is 1. The molecule has 0 fully saturated rings. The molecule has 1 aromatic rings. The van der Waals surface area contributed by atoms with E-state index in [4.69, 9.17) is 5.11 Å². The fraction of sp³-hybridized carbons (Fsp3) is 0.643. The number of hydrogen-bond donors (Lipinski definition) is 2. The quantitative estimate of drug-likeness (QED) is 0.645. The van der Waals surface area contributed by atoms with Gasteiger partial charge in [0.25, 0.3) is 0 Å². The van der Waals surface area contributed by atoms with Crippen LogP contribution in [0.1, 0.15) is 54.4 Å². The Morgan fingerprint density at radius 2 is 2.05 bits per heavy atom. The van der Waals surface area contributed by atoms with Crippen molar-refractivity contribution in [2.24, 2.45) is 0 Å². The molecule has 0 spiro atoms. The van der Waals surface area contributed by atoms with Crippen molar-refractivity contribution < 1.29 is 19.4 Å². The summed E-state index contributed by atoms with van der Waals surface area (Å²) in [5.74, 6) is -0.773. The minimum atomic E-state index is -0.773. The second kappa shape index (κ2) is 9.04. The first kappa shape index (κ1) is 16.1. The number of rotatable bonds is 10. The second-order valence-electron chi connectivity index (χ2n) is 4.61. The van der Waals surface area contributed by atoms with Crippen LogP contribution in [0.25, 0.3) is 0 Å². The summed E-state index contributed by atoms with van der Waals surface area (Å²) in [7, 11) is 0. The van der Waals surface area contributed by atoms with Gasteiger partial charge in [0.05, 0.1) is 12.8 Å². The van der Waals surface area contributed by atoms with Gasteiger partial charge in [0.15, 0.2) is 0 Å². The summed E-state index contributed by atoms with van der Waals surface area (Å²) in [5, 5.41) is 18.5. The molecule has 1 atom stereocenters. The van der Waals surface area contributed by atoms with Crippen molar-refractivity contribution in [1.82, 2.24) is 0 Å². The van der Waals surface area contributed by atoms with Crippen molar-refractivity contribution in [2.75, 3.05) is 6.67 Å².